The molecule has 2 aliphatic heterocycles. The Labute approximate surface area is 244 Å². The van der Waals surface area contributed by atoms with Crippen LogP contribution >= 0.6 is 0 Å². The molecule has 0 aliphatic carbocycles. The predicted molar refractivity (Wildman–Crippen MR) is 127 cm³/mol. The maximum absolute atomic E-state index is 10.7. The molecule has 4 heterocycles. The topological polar surface area (TPSA) is 147 Å². The van der Waals surface area contributed by atoms with Crippen LogP contribution in [0.5, 0.6) is 0 Å². The SMILES string of the molecule is O=S(=O)([O-])C(F)(F)F.O=S(=O)([O-])C(F)(F)F.[Cu+2].c1ccc(CN2CCC[C@@H]2[C@H]2CCCN2Cc2ccccn2)nc1. The number of hydrogen-bond donors (Lipinski definition) is 0. The number of likely N-dealkylation sites (tertiary alicyclic amines) is 2. The molecule has 19 heteroatoms. The van der Waals surface area contributed by atoms with Gasteiger partial charge in [-0.1, -0.05) is 12.1 Å². The Morgan fingerprint density at radius 1 is 0.707 bits per heavy atom. The van der Waals surface area contributed by atoms with Crippen molar-refractivity contribution in [1.29, 1.82) is 0 Å². The molecular weight excluding hydrogens is 658 g/mol. The number of aromatic nitrogens is 2. The van der Waals surface area contributed by atoms with E-state index in [0.29, 0.717) is 12.1 Å². The zero-order chi connectivity index (χ0) is 30.2. The van der Waals surface area contributed by atoms with Gasteiger partial charge in [0.1, 0.15) is 0 Å². The zero-order valence-corrected chi connectivity index (χ0v) is 23.6. The molecular formula is C22H26CuF6N4O6S2. The fourth-order valence-electron chi connectivity index (χ4n) is 4.37. The van der Waals surface area contributed by atoms with Crippen molar-refractivity contribution < 1.29 is 69.4 Å². The summed E-state index contributed by atoms with van der Waals surface area (Å²) in [5, 5.41) is 0. The minimum Gasteiger partial charge on any atom is -0.741 e. The van der Waals surface area contributed by atoms with E-state index in [1.807, 2.05) is 24.5 Å². The first kappa shape index (κ1) is 37.2. The summed E-state index contributed by atoms with van der Waals surface area (Å²) in [5.41, 5.74) is -8.91. The molecule has 2 aromatic rings. The van der Waals surface area contributed by atoms with Crippen LogP contribution in [0.3, 0.4) is 0 Å². The van der Waals surface area contributed by atoms with Crippen LogP contribution in [-0.2, 0) is 50.4 Å². The Morgan fingerprint density at radius 2 is 1.02 bits per heavy atom. The molecule has 0 unspecified atom stereocenters. The minimum atomic E-state index is -6.09. The van der Waals surface area contributed by atoms with Gasteiger partial charge in [-0.25, -0.2) is 16.8 Å². The molecule has 1 radical (unpaired) electrons. The smallest absolute Gasteiger partial charge is 0.741 e. The number of rotatable bonds is 5. The molecule has 2 saturated heterocycles. The van der Waals surface area contributed by atoms with Crippen LogP contribution in [-0.4, -0.2) is 81.9 Å². The predicted octanol–water partition coefficient (Wildman–Crippen LogP) is 3.21. The van der Waals surface area contributed by atoms with Gasteiger partial charge in [0.15, 0.2) is 20.2 Å². The molecule has 41 heavy (non-hydrogen) atoms. The molecule has 10 nitrogen and oxygen atoms in total. The van der Waals surface area contributed by atoms with Crippen LogP contribution in [0.1, 0.15) is 37.1 Å². The first-order valence-corrected chi connectivity index (χ1v) is 14.5. The van der Waals surface area contributed by atoms with Crippen molar-refractivity contribution in [3.05, 3.63) is 60.2 Å². The molecule has 0 bridgehead atoms. The Hall–Kier alpha value is -1.86. The van der Waals surface area contributed by atoms with Crippen molar-refractivity contribution in [3.8, 4) is 0 Å². The first-order chi connectivity index (χ1) is 18.4. The van der Waals surface area contributed by atoms with E-state index in [1.54, 1.807) is 0 Å². The molecule has 0 N–H and O–H groups in total. The van der Waals surface area contributed by atoms with Gasteiger partial charge in [0, 0.05) is 37.6 Å². The van der Waals surface area contributed by atoms with Crippen LogP contribution in [0, 0.1) is 0 Å². The average Bonchev–Trinajstić information content (AvgIpc) is 3.48. The van der Waals surface area contributed by atoms with Gasteiger partial charge in [-0.15, -0.1) is 0 Å². The van der Waals surface area contributed by atoms with Crippen LogP contribution in [0.25, 0.3) is 0 Å². The summed E-state index contributed by atoms with van der Waals surface area (Å²) < 4.78 is 118. The Kier molecular flexibility index (Phi) is 14.1. The molecule has 2 atom stereocenters. The van der Waals surface area contributed by atoms with Crippen molar-refractivity contribution in [1.82, 2.24) is 19.8 Å². The van der Waals surface area contributed by atoms with Crippen molar-refractivity contribution in [2.24, 2.45) is 0 Å². The fraction of sp³-hybridized carbons (Fsp3) is 0.545. The van der Waals surface area contributed by atoms with E-state index >= 15 is 0 Å². The Morgan fingerprint density at radius 3 is 1.27 bits per heavy atom. The molecule has 2 aliphatic rings. The van der Waals surface area contributed by atoms with E-state index in [0.717, 1.165) is 13.1 Å². The summed E-state index contributed by atoms with van der Waals surface area (Å²) in [5.74, 6) is 0. The third-order valence-corrected chi connectivity index (χ3v) is 7.16. The summed E-state index contributed by atoms with van der Waals surface area (Å²) in [6.45, 7) is 4.38. The molecule has 0 saturated carbocycles. The maximum Gasteiger partial charge on any atom is 2.00 e. The van der Waals surface area contributed by atoms with Crippen LogP contribution < -0.4 is 0 Å². The van der Waals surface area contributed by atoms with E-state index in [1.165, 1.54) is 50.2 Å². The Bertz CT molecular complexity index is 1170. The van der Waals surface area contributed by atoms with Gasteiger partial charge in [0.25, 0.3) is 0 Å². The van der Waals surface area contributed by atoms with Gasteiger partial charge in [0.05, 0.1) is 11.4 Å². The Balaban J connectivity index is 0.000000413. The molecule has 235 valence electrons. The molecule has 0 amide bonds. The van der Waals surface area contributed by atoms with E-state index in [9.17, 15) is 26.3 Å². The summed E-state index contributed by atoms with van der Waals surface area (Å²) in [4.78, 5) is 14.4. The van der Waals surface area contributed by atoms with Crippen molar-refractivity contribution in [3.63, 3.8) is 0 Å². The largest absolute Gasteiger partial charge is 2.00 e. The number of halogens is 6. The van der Waals surface area contributed by atoms with E-state index in [4.69, 9.17) is 25.9 Å². The summed E-state index contributed by atoms with van der Waals surface area (Å²) in [6.07, 6.45) is 9.07. The average molecular weight is 684 g/mol. The number of hydrogen-bond acceptors (Lipinski definition) is 10. The van der Waals surface area contributed by atoms with Crippen LogP contribution in [0.15, 0.2) is 48.8 Å². The van der Waals surface area contributed by atoms with E-state index < -0.39 is 31.3 Å². The standard InChI is InChI=1S/C20H26N4.2CHF3O3S.Cu/c1-3-11-21-17(7-1)15-23-13-5-9-19(23)20-10-6-14-24(20)16-18-8-2-4-12-22-18;2*2-1(3,4)8(5,6)7;/h1-4,7-8,11-12,19-20H,5-6,9-10,13-16H2;2*(H,5,6,7);/q;;;+2/p-2/t19-,20-;;;/m1.../s1. The molecule has 0 aromatic carbocycles. The van der Waals surface area contributed by atoms with Crippen molar-refractivity contribution >= 4 is 20.2 Å². The van der Waals surface area contributed by atoms with E-state index in [2.05, 4.69) is 44.0 Å². The summed E-state index contributed by atoms with van der Waals surface area (Å²) in [7, 11) is -12.2. The zero-order valence-electron chi connectivity index (χ0n) is 21.1. The number of pyridine rings is 2. The van der Waals surface area contributed by atoms with Crippen molar-refractivity contribution in [2.45, 2.75) is 61.9 Å². The van der Waals surface area contributed by atoms with Gasteiger partial charge < -0.3 is 9.11 Å². The maximum atomic E-state index is 10.7. The van der Waals surface area contributed by atoms with Crippen LogP contribution in [0.4, 0.5) is 26.3 Å². The van der Waals surface area contributed by atoms with Gasteiger partial charge >= 0.3 is 28.1 Å². The summed E-state index contributed by atoms with van der Waals surface area (Å²) >= 11 is 0. The van der Waals surface area contributed by atoms with E-state index in [-0.39, 0.29) is 17.1 Å². The second kappa shape index (κ2) is 15.6. The second-order valence-electron chi connectivity index (χ2n) is 8.80. The molecule has 2 fully saturated rings. The first-order valence-electron chi connectivity index (χ1n) is 11.7. The normalized spacial score (nSPS) is 20.3. The quantitative estimate of drug-likeness (QED) is 0.199. The van der Waals surface area contributed by atoms with Crippen molar-refractivity contribution in [2.75, 3.05) is 13.1 Å². The minimum absolute atomic E-state index is 0. The molecule has 2 aromatic heterocycles. The van der Waals surface area contributed by atoms with Gasteiger partial charge in [0.2, 0.25) is 0 Å². The van der Waals surface area contributed by atoms with Gasteiger partial charge in [-0.05, 0) is 63.0 Å². The molecule has 4 rings (SSSR count). The third kappa shape index (κ3) is 12.1. The fourth-order valence-corrected chi connectivity index (χ4v) is 4.37. The summed E-state index contributed by atoms with van der Waals surface area (Å²) in [6, 6.07) is 13.8. The van der Waals surface area contributed by atoms with Gasteiger partial charge in [-0.3, -0.25) is 19.8 Å². The monoisotopic (exact) mass is 683 g/mol. The number of alkyl halides is 6. The second-order valence-corrected chi connectivity index (χ2v) is 11.5. The number of nitrogens with zero attached hydrogens (tertiary/aromatic N) is 4. The van der Waals surface area contributed by atoms with Crippen LogP contribution in [0.2, 0.25) is 0 Å². The third-order valence-electron chi connectivity index (χ3n) is 6.02. The molecule has 0 spiro atoms. The van der Waals surface area contributed by atoms with Gasteiger partial charge in [-0.2, -0.15) is 26.3 Å².